The molecule has 3 rings (SSSR count). The Bertz CT molecular complexity index is 614. The second kappa shape index (κ2) is 6.14. The van der Waals surface area contributed by atoms with Crippen LogP contribution in [0.2, 0.25) is 0 Å². The largest absolute Gasteiger partial charge is 0.493 e. The van der Waals surface area contributed by atoms with Crippen molar-refractivity contribution in [2.45, 2.75) is 24.8 Å². The molecular weight excluding hydrogens is 262 g/mol. The molecule has 0 amide bonds. The van der Waals surface area contributed by atoms with E-state index in [2.05, 4.69) is 28.5 Å². The van der Waals surface area contributed by atoms with Gasteiger partial charge in [0.15, 0.2) is 0 Å². The predicted octanol–water partition coefficient (Wildman–Crippen LogP) is 2.36. The number of ether oxygens (including phenoxy) is 1. The minimum Gasteiger partial charge on any atom is -0.493 e. The van der Waals surface area contributed by atoms with Gasteiger partial charge in [0.1, 0.15) is 11.6 Å². The molecule has 21 heavy (non-hydrogen) atoms. The lowest BCUT2D eigenvalue weighted by atomic mass is 9.84. The van der Waals surface area contributed by atoms with Gasteiger partial charge in [0.25, 0.3) is 0 Å². The molecule has 110 valence electrons. The third-order valence-corrected chi connectivity index (χ3v) is 4.16. The van der Waals surface area contributed by atoms with Gasteiger partial charge in [-0.25, -0.2) is 4.98 Å². The van der Waals surface area contributed by atoms with Crippen molar-refractivity contribution in [1.29, 1.82) is 0 Å². The Morgan fingerprint density at radius 3 is 3.05 bits per heavy atom. The first-order valence-electron chi connectivity index (χ1n) is 7.37. The molecule has 0 saturated carbocycles. The Kier molecular flexibility index (Phi) is 4.06. The van der Waals surface area contributed by atoms with Crippen molar-refractivity contribution in [1.82, 2.24) is 10.3 Å². The summed E-state index contributed by atoms with van der Waals surface area (Å²) in [5.41, 5.74) is 8.29. The summed E-state index contributed by atoms with van der Waals surface area (Å²) in [6.45, 7) is 0.776. The number of benzene rings is 1. The van der Waals surface area contributed by atoms with Gasteiger partial charge in [-0.1, -0.05) is 18.2 Å². The van der Waals surface area contributed by atoms with Crippen LogP contribution in [0.15, 0.2) is 42.6 Å². The fraction of sp³-hybridized carbons (Fsp3) is 0.353. The summed E-state index contributed by atoms with van der Waals surface area (Å²) in [7, 11) is 2.02. The molecule has 1 aromatic heterocycles. The minimum atomic E-state index is 0.358. The lowest BCUT2D eigenvalue weighted by Crippen LogP contribution is -2.36. The number of nitrogen functional groups attached to an aromatic ring is 1. The Balaban J connectivity index is 1.84. The quantitative estimate of drug-likeness (QED) is 0.904. The Hall–Kier alpha value is -2.07. The number of anilines is 1. The van der Waals surface area contributed by atoms with Crippen LogP contribution in [0.4, 0.5) is 5.82 Å². The van der Waals surface area contributed by atoms with Crippen LogP contribution in [0, 0.1) is 0 Å². The van der Waals surface area contributed by atoms with Crippen molar-refractivity contribution in [3.8, 4) is 5.75 Å². The van der Waals surface area contributed by atoms with Gasteiger partial charge >= 0.3 is 0 Å². The van der Waals surface area contributed by atoms with Crippen molar-refractivity contribution in [2.24, 2.45) is 0 Å². The molecule has 4 heteroatoms. The summed E-state index contributed by atoms with van der Waals surface area (Å²) < 4.78 is 5.76. The van der Waals surface area contributed by atoms with E-state index in [0.717, 1.165) is 25.2 Å². The number of hydrogen-bond acceptors (Lipinski definition) is 4. The number of pyridine rings is 1. The van der Waals surface area contributed by atoms with Crippen LogP contribution in [0.5, 0.6) is 5.75 Å². The molecule has 0 saturated heterocycles. The maximum atomic E-state index is 5.78. The summed E-state index contributed by atoms with van der Waals surface area (Å²) in [5, 5.41) is 3.46. The second-order valence-corrected chi connectivity index (χ2v) is 5.47. The van der Waals surface area contributed by atoms with Crippen molar-refractivity contribution < 1.29 is 4.74 Å². The van der Waals surface area contributed by atoms with Gasteiger partial charge in [0, 0.05) is 18.2 Å². The van der Waals surface area contributed by atoms with Crippen molar-refractivity contribution in [3.05, 3.63) is 53.7 Å². The maximum Gasteiger partial charge on any atom is 0.123 e. The first-order chi connectivity index (χ1) is 10.3. The molecule has 1 aliphatic heterocycles. The zero-order valence-electron chi connectivity index (χ0n) is 12.3. The average molecular weight is 283 g/mol. The molecule has 1 aromatic carbocycles. The van der Waals surface area contributed by atoms with Gasteiger partial charge in [-0.15, -0.1) is 0 Å². The van der Waals surface area contributed by atoms with E-state index in [-0.39, 0.29) is 0 Å². The van der Waals surface area contributed by atoms with Gasteiger partial charge < -0.3 is 15.8 Å². The fourth-order valence-electron chi connectivity index (χ4n) is 3.11. The van der Waals surface area contributed by atoms with E-state index in [1.165, 1.54) is 11.1 Å². The number of para-hydroxylation sites is 1. The van der Waals surface area contributed by atoms with E-state index in [1.54, 1.807) is 6.20 Å². The third kappa shape index (κ3) is 3.00. The van der Waals surface area contributed by atoms with Gasteiger partial charge in [-0.05, 0) is 49.2 Å². The van der Waals surface area contributed by atoms with E-state index >= 15 is 0 Å². The summed E-state index contributed by atoms with van der Waals surface area (Å²) >= 11 is 0. The van der Waals surface area contributed by atoms with E-state index in [1.807, 2.05) is 25.2 Å². The highest BCUT2D eigenvalue weighted by Crippen LogP contribution is 2.36. The zero-order valence-corrected chi connectivity index (χ0v) is 12.3. The van der Waals surface area contributed by atoms with Crippen LogP contribution in [0.1, 0.15) is 23.5 Å². The molecule has 0 radical (unpaired) electrons. The summed E-state index contributed by atoms with van der Waals surface area (Å²) in [6.07, 6.45) is 3.74. The zero-order chi connectivity index (χ0) is 14.7. The molecule has 3 N–H and O–H groups in total. The predicted molar refractivity (Wildman–Crippen MR) is 84.5 cm³/mol. The number of nitrogens with two attached hydrogens (primary N) is 1. The molecular formula is C17H21N3O. The SMILES string of the molecule is CNC(Cc1ccnc(N)c1)C1CCOc2ccccc21. The molecule has 2 atom stereocenters. The van der Waals surface area contributed by atoms with Crippen molar-refractivity contribution in [3.63, 3.8) is 0 Å². The number of nitrogens with one attached hydrogen (secondary N) is 1. The van der Waals surface area contributed by atoms with Crippen LogP contribution < -0.4 is 15.8 Å². The maximum absolute atomic E-state index is 5.78. The summed E-state index contributed by atoms with van der Waals surface area (Å²) in [6, 6.07) is 12.7. The lowest BCUT2D eigenvalue weighted by Gasteiger charge is -2.32. The average Bonchev–Trinajstić information content (AvgIpc) is 2.52. The van der Waals surface area contributed by atoms with Gasteiger partial charge in [-0.3, -0.25) is 0 Å². The molecule has 1 aliphatic rings. The summed E-state index contributed by atoms with van der Waals surface area (Å²) in [4.78, 5) is 4.06. The normalized spacial score (nSPS) is 18.6. The van der Waals surface area contributed by atoms with Gasteiger partial charge in [-0.2, -0.15) is 0 Å². The van der Waals surface area contributed by atoms with Gasteiger partial charge in [0.05, 0.1) is 6.61 Å². The lowest BCUT2D eigenvalue weighted by molar-refractivity contribution is 0.247. The minimum absolute atomic E-state index is 0.358. The van der Waals surface area contributed by atoms with Crippen molar-refractivity contribution in [2.75, 3.05) is 19.4 Å². The number of aromatic nitrogens is 1. The topological polar surface area (TPSA) is 60.2 Å². The molecule has 0 spiro atoms. The standard InChI is InChI=1S/C17H21N3O/c1-19-15(10-12-6-8-20-17(18)11-12)13-7-9-21-16-5-3-2-4-14(13)16/h2-6,8,11,13,15,19H,7,9-10H2,1H3,(H2,18,20). The van der Waals surface area contributed by atoms with E-state index in [0.29, 0.717) is 17.8 Å². The highest BCUT2D eigenvalue weighted by Gasteiger charge is 2.28. The van der Waals surface area contributed by atoms with Crippen molar-refractivity contribution >= 4 is 5.82 Å². The number of rotatable bonds is 4. The molecule has 2 aromatic rings. The van der Waals surface area contributed by atoms with Crippen LogP contribution in [0.3, 0.4) is 0 Å². The van der Waals surface area contributed by atoms with Crippen LogP contribution in [-0.2, 0) is 6.42 Å². The van der Waals surface area contributed by atoms with E-state index < -0.39 is 0 Å². The highest BCUT2D eigenvalue weighted by atomic mass is 16.5. The number of hydrogen-bond donors (Lipinski definition) is 2. The van der Waals surface area contributed by atoms with E-state index in [4.69, 9.17) is 10.5 Å². The van der Waals surface area contributed by atoms with Crippen LogP contribution >= 0.6 is 0 Å². The fourth-order valence-corrected chi connectivity index (χ4v) is 3.11. The molecule has 0 fully saturated rings. The van der Waals surface area contributed by atoms with Crippen LogP contribution in [-0.4, -0.2) is 24.7 Å². The second-order valence-electron chi connectivity index (χ2n) is 5.47. The molecule has 2 heterocycles. The molecule has 4 nitrogen and oxygen atoms in total. The summed E-state index contributed by atoms with van der Waals surface area (Å²) in [5.74, 6) is 2.05. The Morgan fingerprint density at radius 1 is 1.38 bits per heavy atom. The molecule has 2 unspecified atom stereocenters. The third-order valence-electron chi connectivity index (χ3n) is 4.16. The first-order valence-corrected chi connectivity index (χ1v) is 7.37. The number of fused-ring (bicyclic) bond motifs is 1. The van der Waals surface area contributed by atoms with Gasteiger partial charge in [0.2, 0.25) is 0 Å². The van der Waals surface area contributed by atoms with E-state index in [9.17, 15) is 0 Å². The number of likely N-dealkylation sites (N-methyl/N-ethyl adjacent to an activating group) is 1. The smallest absolute Gasteiger partial charge is 0.123 e. The highest BCUT2D eigenvalue weighted by molar-refractivity contribution is 5.39. The molecule has 0 bridgehead atoms. The van der Waals surface area contributed by atoms with Crippen LogP contribution in [0.25, 0.3) is 0 Å². The monoisotopic (exact) mass is 283 g/mol. The first kappa shape index (κ1) is 13.9. The Morgan fingerprint density at radius 2 is 2.24 bits per heavy atom. The number of nitrogens with zero attached hydrogens (tertiary/aromatic N) is 1. The Labute approximate surface area is 125 Å². The molecule has 0 aliphatic carbocycles.